The number of benzene rings is 2. The van der Waals surface area contributed by atoms with E-state index in [9.17, 15) is 8.78 Å². The summed E-state index contributed by atoms with van der Waals surface area (Å²) in [5, 5.41) is 3.32. The van der Waals surface area contributed by atoms with Crippen LogP contribution in [0.4, 0.5) is 20.2 Å². The lowest BCUT2D eigenvalue weighted by Gasteiger charge is -2.10. The summed E-state index contributed by atoms with van der Waals surface area (Å²) in [5.74, 6) is -0.881. The zero-order valence-corrected chi connectivity index (χ0v) is 10.1. The van der Waals surface area contributed by atoms with Gasteiger partial charge in [-0.05, 0) is 30.3 Å². The molecule has 2 nitrogen and oxygen atoms in total. The van der Waals surface area contributed by atoms with Crippen molar-refractivity contribution in [3.8, 4) is 0 Å². The number of rotatable bonds is 3. The Morgan fingerprint density at radius 1 is 1.11 bits per heavy atom. The molecule has 0 saturated carbocycles. The van der Waals surface area contributed by atoms with E-state index in [0.29, 0.717) is 16.3 Å². The van der Waals surface area contributed by atoms with Gasteiger partial charge in [0, 0.05) is 17.1 Å². The van der Waals surface area contributed by atoms with E-state index in [1.54, 1.807) is 6.07 Å². The van der Waals surface area contributed by atoms with E-state index in [1.165, 1.54) is 30.3 Å². The molecule has 5 heteroatoms. The highest BCUT2D eigenvalue weighted by atomic mass is 35.5. The van der Waals surface area contributed by atoms with Crippen LogP contribution >= 0.6 is 11.6 Å². The molecule has 0 bridgehead atoms. The molecule has 0 saturated heterocycles. The van der Waals surface area contributed by atoms with Gasteiger partial charge in [0.15, 0.2) is 0 Å². The number of hydrogen-bond acceptors (Lipinski definition) is 2. The lowest BCUT2D eigenvalue weighted by molar-refractivity contribution is 0.613. The first-order valence-electron chi connectivity index (χ1n) is 5.29. The average molecular weight is 269 g/mol. The third-order valence-corrected chi connectivity index (χ3v) is 2.77. The minimum atomic E-state index is -0.508. The minimum Gasteiger partial charge on any atom is -0.395 e. The number of halogens is 3. The molecule has 0 heterocycles. The lowest BCUT2D eigenvalue weighted by Crippen LogP contribution is -2.05. The zero-order chi connectivity index (χ0) is 13.1. The van der Waals surface area contributed by atoms with Gasteiger partial charge in [0.05, 0.1) is 11.4 Å². The molecular formula is C13H11ClF2N2. The van der Waals surface area contributed by atoms with Gasteiger partial charge in [0.2, 0.25) is 0 Å². The molecule has 0 spiro atoms. The number of nitrogens with two attached hydrogens (primary N) is 1. The summed E-state index contributed by atoms with van der Waals surface area (Å²) in [5.41, 5.74) is 6.39. The largest absolute Gasteiger partial charge is 0.395 e. The molecule has 0 radical (unpaired) electrons. The maximum Gasteiger partial charge on any atom is 0.148 e. The molecule has 0 fully saturated rings. The second-order valence-corrected chi connectivity index (χ2v) is 4.23. The van der Waals surface area contributed by atoms with Crippen LogP contribution in [0.25, 0.3) is 0 Å². The van der Waals surface area contributed by atoms with E-state index in [1.807, 2.05) is 0 Å². The van der Waals surface area contributed by atoms with E-state index in [0.717, 1.165) is 0 Å². The molecule has 0 aliphatic rings. The fraction of sp³-hybridized carbons (Fsp3) is 0.0769. The first kappa shape index (κ1) is 12.6. The average Bonchev–Trinajstić information content (AvgIpc) is 2.35. The van der Waals surface area contributed by atoms with Crippen LogP contribution in [0.2, 0.25) is 5.02 Å². The highest BCUT2D eigenvalue weighted by Crippen LogP contribution is 2.23. The van der Waals surface area contributed by atoms with Crippen LogP contribution in [-0.4, -0.2) is 0 Å². The molecule has 3 N–H and O–H groups in total. The van der Waals surface area contributed by atoms with Gasteiger partial charge in [-0.3, -0.25) is 0 Å². The number of nitrogens with one attached hydrogen (secondary N) is 1. The normalized spacial score (nSPS) is 10.4. The first-order valence-corrected chi connectivity index (χ1v) is 5.67. The molecule has 0 aliphatic heterocycles. The van der Waals surface area contributed by atoms with Gasteiger partial charge < -0.3 is 11.1 Å². The molecule has 94 valence electrons. The Morgan fingerprint density at radius 2 is 1.89 bits per heavy atom. The van der Waals surface area contributed by atoms with E-state index in [-0.39, 0.29) is 18.0 Å². The van der Waals surface area contributed by atoms with Crippen LogP contribution < -0.4 is 11.1 Å². The topological polar surface area (TPSA) is 38.0 Å². The zero-order valence-electron chi connectivity index (χ0n) is 9.38. The van der Waals surface area contributed by atoms with Crippen molar-refractivity contribution in [2.45, 2.75) is 6.54 Å². The Kier molecular flexibility index (Phi) is 3.67. The van der Waals surface area contributed by atoms with E-state index >= 15 is 0 Å². The predicted octanol–water partition coefficient (Wildman–Crippen LogP) is 3.81. The fourth-order valence-corrected chi connectivity index (χ4v) is 1.76. The number of anilines is 2. The Labute approximate surface area is 108 Å². The van der Waals surface area contributed by atoms with Crippen molar-refractivity contribution < 1.29 is 8.78 Å². The highest BCUT2D eigenvalue weighted by molar-refractivity contribution is 6.30. The Balaban J connectivity index is 2.16. The summed E-state index contributed by atoms with van der Waals surface area (Å²) in [6.07, 6.45) is 0. The molecule has 2 rings (SSSR count). The lowest BCUT2D eigenvalue weighted by atomic mass is 10.2. The van der Waals surface area contributed by atoms with Gasteiger partial charge in [-0.1, -0.05) is 17.7 Å². The van der Waals surface area contributed by atoms with Crippen LogP contribution in [0.5, 0.6) is 0 Å². The van der Waals surface area contributed by atoms with Gasteiger partial charge in [-0.15, -0.1) is 0 Å². The minimum absolute atomic E-state index is 0.0138. The summed E-state index contributed by atoms with van der Waals surface area (Å²) in [4.78, 5) is 0. The highest BCUT2D eigenvalue weighted by Gasteiger charge is 2.06. The Bertz CT molecular complexity index is 571. The second-order valence-electron chi connectivity index (χ2n) is 3.79. The smallest absolute Gasteiger partial charge is 0.148 e. The van der Waals surface area contributed by atoms with E-state index in [4.69, 9.17) is 17.3 Å². The van der Waals surface area contributed by atoms with Gasteiger partial charge in [0.25, 0.3) is 0 Å². The predicted molar refractivity (Wildman–Crippen MR) is 69.5 cm³/mol. The van der Waals surface area contributed by atoms with Gasteiger partial charge >= 0.3 is 0 Å². The van der Waals surface area contributed by atoms with Crippen LogP contribution in [0.3, 0.4) is 0 Å². The molecule has 0 aromatic heterocycles. The van der Waals surface area contributed by atoms with Crippen LogP contribution in [0.1, 0.15) is 5.56 Å². The van der Waals surface area contributed by atoms with Crippen LogP contribution in [0.15, 0.2) is 36.4 Å². The summed E-state index contributed by atoms with van der Waals surface area (Å²) in [6, 6.07) is 8.69. The third kappa shape index (κ3) is 2.71. The third-order valence-electron chi connectivity index (χ3n) is 2.53. The molecule has 0 unspecified atom stereocenters. The SMILES string of the molecule is Nc1c(F)cccc1NCc1cc(Cl)ccc1F. The monoisotopic (exact) mass is 268 g/mol. The number of para-hydroxylation sites is 1. The van der Waals surface area contributed by atoms with Crippen molar-refractivity contribution in [3.63, 3.8) is 0 Å². The van der Waals surface area contributed by atoms with E-state index < -0.39 is 5.82 Å². The molecule has 0 amide bonds. The van der Waals surface area contributed by atoms with Crippen molar-refractivity contribution in [3.05, 3.63) is 58.6 Å². The van der Waals surface area contributed by atoms with Crippen molar-refractivity contribution in [2.24, 2.45) is 0 Å². The van der Waals surface area contributed by atoms with Gasteiger partial charge in [-0.2, -0.15) is 0 Å². The van der Waals surface area contributed by atoms with E-state index in [2.05, 4.69) is 5.32 Å². The molecule has 0 atom stereocenters. The Morgan fingerprint density at radius 3 is 2.67 bits per heavy atom. The van der Waals surface area contributed by atoms with Crippen LogP contribution in [-0.2, 0) is 6.54 Å². The first-order chi connectivity index (χ1) is 8.58. The summed E-state index contributed by atoms with van der Waals surface area (Å²) < 4.78 is 26.6. The Hall–Kier alpha value is -1.81. The second kappa shape index (κ2) is 5.23. The summed E-state index contributed by atoms with van der Waals surface area (Å²) in [7, 11) is 0. The van der Waals surface area contributed by atoms with Crippen molar-refractivity contribution in [1.82, 2.24) is 0 Å². The number of nitrogen functional groups attached to an aromatic ring is 1. The maximum absolute atomic E-state index is 13.4. The van der Waals surface area contributed by atoms with Crippen molar-refractivity contribution in [1.29, 1.82) is 0 Å². The molecule has 18 heavy (non-hydrogen) atoms. The maximum atomic E-state index is 13.4. The summed E-state index contributed by atoms with van der Waals surface area (Å²) in [6.45, 7) is 0.181. The molecule has 0 aliphatic carbocycles. The molecule has 2 aromatic rings. The summed E-state index contributed by atoms with van der Waals surface area (Å²) >= 11 is 5.78. The quantitative estimate of drug-likeness (QED) is 0.831. The fourth-order valence-electron chi connectivity index (χ4n) is 1.56. The van der Waals surface area contributed by atoms with Gasteiger partial charge in [0.1, 0.15) is 11.6 Å². The standard InChI is InChI=1S/C13H11ClF2N2/c14-9-4-5-10(15)8(6-9)7-18-12-3-1-2-11(16)13(12)17/h1-6,18H,7,17H2. The van der Waals surface area contributed by atoms with Crippen molar-refractivity contribution in [2.75, 3.05) is 11.1 Å². The molecular weight excluding hydrogens is 258 g/mol. The molecule has 2 aromatic carbocycles. The number of hydrogen-bond donors (Lipinski definition) is 2. The van der Waals surface area contributed by atoms with Gasteiger partial charge in [-0.25, -0.2) is 8.78 Å². The van der Waals surface area contributed by atoms with Crippen molar-refractivity contribution >= 4 is 23.0 Å². The van der Waals surface area contributed by atoms with Crippen LogP contribution in [0, 0.1) is 11.6 Å².